The van der Waals surface area contributed by atoms with Gasteiger partial charge in [0.25, 0.3) is 0 Å². The number of benzene rings is 2. The number of halogens is 1. The molecule has 0 saturated carbocycles. The van der Waals surface area contributed by atoms with Crippen LogP contribution >= 0.6 is 0 Å². The van der Waals surface area contributed by atoms with Gasteiger partial charge in [0, 0.05) is 6.04 Å². The summed E-state index contributed by atoms with van der Waals surface area (Å²) in [6.07, 6.45) is 3.80. The van der Waals surface area contributed by atoms with Gasteiger partial charge in [-0.1, -0.05) is 42.5 Å². The zero-order valence-corrected chi connectivity index (χ0v) is 10.7. The lowest BCUT2D eigenvalue weighted by Gasteiger charge is -2.04. The van der Waals surface area contributed by atoms with E-state index in [9.17, 15) is 4.39 Å². The van der Waals surface area contributed by atoms with Crippen LogP contribution < -0.4 is 5.48 Å². The van der Waals surface area contributed by atoms with Crippen LogP contribution in [0.4, 0.5) is 4.39 Å². The summed E-state index contributed by atoms with van der Waals surface area (Å²) in [6.45, 7) is 1.85. The van der Waals surface area contributed by atoms with Crippen LogP contribution in [0.5, 0.6) is 0 Å². The van der Waals surface area contributed by atoms with Crippen molar-refractivity contribution in [1.29, 1.82) is 0 Å². The van der Waals surface area contributed by atoms with Crippen LogP contribution in [0.25, 0.3) is 17.2 Å². The average molecular weight is 257 g/mol. The molecule has 2 nitrogen and oxygen atoms in total. The average Bonchev–Trinajstić information content (AvgIpc) is 2.46. The number of hydroxylamine groups is 1. The third kappa shape index (κ3) is 3.74. The molecule has 2 aromatic rings. The molecule has 0 amide bonds. The first-order chi connectivity index (χ1) is 9.19. The molecular formula is C16H16FNO. The fourth-order valence-corrected chi connectivity index (χ4v) is 1.76. The number of nitrogens with one attached hydrogen (secondary N) is 1. The van der Waals surface area contributed by atoms with Gasteiger partial charge in [-0.2, -0.15) is 5.48 Å². The van der Waals surface area contributed by atoms with Gasteiger partial charge in [-0.3, -0.25) is 0 Å². The van der Waals surface area contributed by atoms with E-state index in [1.54, 1.807) is 12.1 Å². The normalized spacial score (nSPS) is 12.8. The Balaban J connectivity index is 2.24. The Morgan fingerprint density at radius 1 is 1.11 bits per heavy atom. The minimum atomic E-state index is -0.234. The molecule has 0 unspecified atom stereocenters. The zero-order valence-electron chi connectivity index (χ0n) is 10.7. The Morgan fingerprint density at radius 3 is 2.53 bits per heavy atom. The van der Waals surface area contributed by atoms with Crippen molar-refractivity contribution < 1.29 is 9.60 Å². The summed E-state index contributed by atoms with van der Waals surface area (Å²) in [5, 5.41) is 8.73. The maximum absolute atomic E-state index is 12.9. The van der Waals surface area contributed by atoms with Crippen LogP contribution in [0.3, 0.4) is 0 Å². The van der Waals surface area contributed by atoms with Crippen molar-refractivity contribution in [3.05, 3.63) is 66.0 Å². The number of hydrogen-bond acceptors (Lipinski definition) is 2. The first kappa shape index (κ1) is 13.5. The van der Waals surface area contributed by atoms with Crippen LogP contribution in [-0.4, -0.2) is 11.2 Å². The Kier molecular flexibility index (Phi) is 4.44. The SMILES string of the molecule is C[C@@H](/C=C/c1cccc(-c2ccc(F)cc2)c1)NO. The lowest BCUT2D eigenvalue weighted by molar-refractivity contribution is 0.150. The maximum Gasteiger partial charge on any atom is 0.123 e. The van der Waals surface area contributed by atoms with Gasteiger partial charge in [0.2, 0.25) is 0 Å². The molecule has 0 spiro atoms. The van der Waals surface area contributed by atoms with Crippen molar-refractivity contribution in [2.24, 2.45) is 0 Å². The van der Waals surface area contributed by atoms with Gasteiger partial charge < -0.3 is 5.21 Å². The molecule has 0 aliphatic carbocycles. The van der Waals surface area contributed by atoms with Crippen molar-refractivity contribution in [3.63, 3.8) is 0 Å². The van der Waals surface area contributed by atoms with Crippen molar-refractivity contribution in [2.75, 3.05) is 0 Å². The highest BCUT2D eigenvalue weighted by molar-refractivity contribution is 5.67. The standard InChI is InChI=1S/C16H16FNO/c1-12(18-19)5-6-13-3-2-4-15(11-13)14-7-9-16(17)10-8-14/h2-12,18-19H,1H3/b6-5+/t12-/m0/s1. The fraction of sp³-hybridized carbons (Fsp3) is 0.125. The van der Waals surface area contributed by atoms with E-state index in [1.165, 1.54) is 12.1 Å². The molecule has 0 saturated heterocycles. The molecule has 0 radical (unpaired) electrons. The zero-order chi connectivity index (χ0) is 13.7. The molecule has 2 N–H and O–H groups in total. The maximum atomic E-state index is 12.9. The summed E-state index contributed by atoms with van der Waals surface area (Å²) in [7, 11) is 0. The molecule has 2 aromatic carbocycles. The van der Waals surface area contributed by atoms with E-state index in [1.807, 2.05) is 43.3 Å². The molecule has 0 aliphatic heterocycles. The van der Waals surface area contributed by atoms with Crippen LogP contribution in [0.2, 0.25) is 0 Å². The Morgan fingerprint density at radius 2 is 1.84 bits per heavy atom. The summed E-state index contributed by atoms with van der Waals surface area (Å²) in [5.41, 5.74) is 5.20. The summed E-state index contributed by atoms with van der Waals surface area (Å²) >= 11 is 0. The molecule has 2 rings (SSSR count). The second kappa shape index (κ2) is 6.27. The van der Waals surface area contributed by atoms with Crippen molar-refractivity contribution in [1.82, 2.24) is 5.48 Å². The van der Waals surface area contributed by atoms with E-state index >= 15 is 0 Å². The van der Waals surface area contributed by atoms with Gasteiger partial charge in [0.15, 0.2) is 0 Å². The Bertz CT molecular complexity index is 563. The monoisotopic (exact) mass is 257 g/mol. The molecule has 0 aromatic heterocycles. The van der Waals surface area contributed by atoms with Crippen LogP contribution in [0.1, 0.15) is 12.5 Å². The van der Waals surface area contributed by atoms with Gasteiger partial charge >= 0.3 is 0 Å². The third-order valence-electron chi connectivity index (χ3n) is 2.85. The van der Waals surface area contributed by atoms with Crippen LogP contribution in [0.15, 0.2) is 54.6 Å². The molecular weight excluding hydrogens is 241 g/mol. The van der Waals surface area contributed by atoms with Gasteiger partial charge in [0.1, 0.15) is 5.82 Å². The van der Waals surface area contributed by atoms with Crippen LogP contribution in [-0.2, 0) is 0 Å². The predicted octanol–water partition coefficient (Wildman–Crippen LogP) is 3.87. The third-order valence-corrected chi connectivity index (χ3v) is 2.85. The summed E-state index contributed by atoms with van der Waals surface area (Å²) in [5.74, 6) is -0.234. The van der Waals surface area contributed by atoms with Crippen molar-refractivity contribution >= 4 is 6.08 Å². The molecule has 0 aliphatic rings. The predicted molar refractivity (Wildman–Crippen MR) is 75.3 cm³/mol. The minimum Gasteiger partial charge on any atom is -0.316 e. The van der Waals surface area contributed by atoms with E-state index in [0.29, 0.717) is 0 Å². The van der Waals surface area contributed by atoms with E-state index in [-0.39, 0.29) is 11.9 Å². The van der Waals surface area contributed by atoms with Crippen LogP contribution in [0, 0.1) is 5.82 Å². The number of hydrogen-bond donors (Lipinski definition) is 2. The number of rotatable bonds is 4. The Hall–Kier alpha value is -1.97. The molecule has 19 heavy (non-hydrogen) atoms. The Labute approximate surface area is 112 Å². The van der Waals surface area contributed by atoms with E-state index < -0.39 is 0 Å². The van der Waals surface area contributed by atoms with Gasteiger partial charge in [-0.05, 0) is 41.8 Å². The highest BCUT2D eigenvalue weighted by Gasteiger charge is 1.99. The minimum absolute atomic E-state index is 0.102. The first-order valence-electron chi connectivity index (χ1n) is 6.13. The summed E-state index contributed by atoms with van der Waals surface area (Å²) < 4.78 is 12.9. The first-order valence-corrected chi connectivity index (χ1v) is 6.13. The second-order valence-corrected chi connectivity index (χ2v) is 4.41. The van der Waals surface area contributed by atoms with Crippen molar-refractivity contribution in [3.8, 4) is 11.1 Å². The molecule has 0 heterocycles. The molecule has 3 heteroatoms. The molecule has 1 atom stereocenters. The van der Waals surface area contributed by atoms with Gasteiger partial charge in [-0.25, -0.2) is 4.39 Å². The quantitative estimate of drug-likeness (QED) is 0.815. The largest absolute Gasteiger partial charge is 0.316 e. The topological polar surface area (TPSA) is 32.3 Å². The van der Waals surface area contributed by atoms with Gasteiger partial charge in [0.05, 0.1) is 0 Å². The lowest BCUT2D eigenvalue weighted by Crippen LogP contribution is -2.18. The molecule has 0 fully saturated rings. The smallest absolute Gasteiger partial charge is 0.123 e. The molecule has 98 valence electrons. The van der Waals surface area contributed by atoms with Gasteiger partial charge in [-0.15, -0.1) is 0 Å². The van der Waals surface area contributed by atoms with E-state index in [0.717, 1.165) is 16.7 Å². The van der Waals surface area contributed by atoms with Crippen molar-refractivity contribution in [2.45, 2.75) is 13.0 Å². The molecule has 0 bridgehead atoms. The second-order valence-electron chi connectivity index (χ2n) is 4.41. The fourth-order valence-electron chi connectivity index (χ4n) is 1.76. The van der Waals surface area contributed by atoms with E-state index in [2.05, 4.69) is 5.48 Å². The summed E-state index contributed by atoms with van der Waals surface area (Å²) in [4.78, 5) is 0. The lowest BCUT2D eigenvalue weighted by atomic mass is 10.0. The highest BCUT2D eigenvalue weighted by atomic mass is 19.1. The highest BCUT2D eigenvalue weighted by Crippen LogP contribution is 2.21. The summed E-state index contributed by atoms with van der Waals surface area (Å²) in [6, 6.07) is 14.3. The van der Waals surface area contributed by atoms with E-state index in [4.69, 9.17) is 5.21 Å².